The molecule has 6 nitrogen and oxygen atoms in total. The summed E-state index contributed by atoms with van der Waals surface area (Å²) in [5, 5.41) is 0. The number of ether oxygens (including phenoxy) is 1. The minimum Gasteiger partial charge on any atom is -0.409 e. The van der Waals surface area contributed by atoms with Crippen molar-refractivity contribution in [2.75, 3.05) is 4.72 Å². The summed E-state index contributed by atoms with van der Waals surface area (Å²) in [5.41, 5.74) is 3.25. The summed E-state index contributed by atoms with van der Waals surface area (Å²) in [5.74, 6) is 0.577. The van der Waals surface area contributed by atoms with Crippen LogP contribution in [0.15, 0.2) is 36.4 Å². The number of carbonyl (C=O) groups is 1. The highest BCUT2D eigenvalue weighted by Gasteiger charge is 2.29. The van der Waals surface area contributed by atoms with Crippen LogP contribution in [0.3, 0.4) is 0 Å². The Labute approximate surface area is 205 Å². The van der Waals surface area contributed by atoms with Gasteiger partial charge in [0.2, 0.25) is 0 Å². The predicted molar refractivity (Wildman–Crippen MR) is 140 cm³/mol. The van der Waals surface area contributed by atoms with Crippen molar-refractivity contribution in [1.29, 1.82) is 0 Å². The fraction of sp³-hybridized carbons (Fsp3) is 0.519. The lowest BCUT2D eigenvalue weighted by Crippen LogP contribution is -2.38. The number of hydrogen-bond donors (Lipinski definition) is 2. The van der Waals surface area contributed by atoms with Gasteiger partial charge >= 0.3 is 16.3 Å². The van der Waals surface area contributed by atoms with E-state index in [1.54, 1.807) is 0 Å². The normalized spacial score (nSPS) is 12.7. The molecule has 34 heavy (non-hydrogen) atoms. The smallest absolute Gasteiger partial charge is 0.409 e. The van der Waals surface area contributed by atoms with Crippen LogP contribution in [-0.4, -0.2) is 14.5 Å². The highest BCUT2D eigenvalue weighted by atomic mass is 32.2. The molecular weight excluding hydrogens is 448 g/mol. The van der Waals surface area contributed by atoms with Crippen molar-refractivity contribution in [3.05, 3.63) is 58.7 Å². The van der Waals surface area contributed by atoms with Crippen molar-refractivity contribution in [3.8, 4) is 5.75 Å². The molecule has 0 radical (unpaired) electrons. The van der Waals surface area contributed by atoms with Gasteiger partial charge in [-0.3, -0.25) is 4.72 Å². The van der Waals surface area contributed by atoms with Gasteiger partial charge in [-0.25, -0.2) is 9.52 Å². The molecule has 2 rings (SSSR count). The summed E-state index contributed by atoms with van der Waals surface area (Å²) in [6, 6.07) is 11.4. The molecule has 0 aromatic heterocycles. The number of rotatable bonds is 6. The van der Waals surface area contributed by atoms with Crippen LogP contribution in [-0.2, 0) is 21.0 Å². The quantitative estimate of drug-likeness (QED) is 0.460. The molecule has 0 atom stereocenters. The maximum Gasteiger partial charge on any atom is 0.427 e. The van der Waals surface area contributed by atoms with E-state index in [4.69, 9.17) is 4.74 Å². The lowest BCUT2D eigenvalue weighted by atomic mass is 9.79. The molecule has 0 heterocycles. The van der Waals surface area contributed by atoms with Gasteiger partial charge in [0.05, 0.1) is 5.69 Å². The van der Waals surface area contributed by atoms with Crippen molar-refractivity contribution in [2.45, 2.75) is 91.9 Å². The Morgan fingerprint density at radius 1 is 0.794 bits per heavy atom. The van der Waals surface area contributed by atoms with Crippen LogP contribution >= 0.6 is 0 Å². The Morgan fingerprint density at radius 2 is 1.21 bits per heavy atom. The molecule has 0 saturated carbocycles. The van der Waals surface area contributed by atoms with E-state index < -0.39 is 16.3 Å². The Morgan fingerprint density at radius 3 is 1.59 bits per heavy atom. The van der Waals surface area contributed by atoms with E-state index in [-0.39, 0.29) is 22.7 Å². The van der Waals surface area contributed by atoms with Crippen LogP contribution < -0.4 is 14.2 Å². The topological polar surface area (TPSA) is 84.5 Å². The van der Waals surface area contributed by atoms with Gasteiger partial charge in [-0.1, -0.05) is 106 Å². The molecule has 2 aromatic rings. The van der Waals surface area contributed by atoms with Crippen molar-refractivity contribution in [3.63, 3.8) is 0 Å². The minimum absolute atomic E-state index is 0.0938. The van der Waals surface area contributed by atoms with E-state index in [9.17, 15) is 13.2 Å². The lowest BCUT2D eigenvalue weighted by Gasteiger charge is -2.28. The summed E-state index contributed by atoms with van der Waals surface area (Å²) < 4.78 is 36.3. The number of nitrogens with one attached hydrogen (secondary N) is 2. The van der Waals surface area contributed by atoms with Gasteiger partial charge in [-0.2, -0.15) is 8.42 Å². The van der Waals surface area contributed by atoms with Crippen LogP contribution in [0.4, 0.5) is 10.5 Å². The minimum atomic E-state index is -4.24. The molecule has 0 aliphatic carbocycles. The first-order chi connectivity index (χ1) is 15.4. The fourth-order valence-corrected chi connectivity index (χ4v) is 4.70. The second-order valence-corrected chi connectivity index (χ2v) is 12.8. The van der Waals surface area contributed by atoms with Crippen LogP contribution in [0.1, 0.15) is 103 Å². The van der Waals surface area contributed by atoms with Crippen LogP contribution in [0.25, 0.3) is 0 Å². The summed E-state index contributed by atoms with van der Waals surface area (Å²) in [6.45, 7) is 20.1. The zero-order valence-corrected chi connectivity index (χ0v) is 23.0. The monoisotopic (exact) mass is 488 g/mol. The zero-order valence-electron chi connectivity index (χ0n) is 22.2. The molecule has 2 aromatic carbocycles. The number of carbonyl (C=O) groups excluding carboxylic acids is 1. The second kappa shape index (κ2) is 9.98. The first kappa shape index (κ1) is 27.7. The van der Waals surface area contributed by atoms with E-state index in [1.165, 1.54) is 0 Å². The van der Waals surface area contributed by atoms with E-state index >= 15 is 0 Å². The SMILES string of the molecule is CC(C)c1cccc(C(C)C)c1NS(=O)(=O)NC(=O)Oc1c(C(C)(C)C)cccc1C(C)(C)C. The van der Waals surface area contributed by atoms with Gasteiger partial charge in [-0.15, -0.1) is 0 Å². The molecule has 0 fully saturated rings. The third kappa shape index (κ3) is 6.75. The maximum atomic E-state index is 13.0. The molecular formula is C27H40N2O4S. The third-order valence-electron chi connectivity index (χ3n) is 5.65. The fourth-order valence-electron chi connectivity index (χ4n) is 3.88. The molecule has 7 heteroatoms. The Hall–Kier alpha value is -2.54. The number of anilines is 1. The van der Waals surface area contributed by atoms with Crippen molar-refractivity contribution < 1.29 is 17.9 Å². The maximum absolute atomic E-state index is 13.0. The van der Waals surface area contributed by atoms with Gasteiger partial charge in [0, 0.05) is 11.1 Å². The molecule has 2 N–H and O–H groups in total. The van der Waals surface area contributed by atoms with Crippen molar-refractivity contribution in [1.82, 2.24) is 4.72 Å². The number of benzene rings is 2. The largest absolute Gasteiger partial charge is 0.427 e. The standard InChI is InChI=1S/C27H40N2O4S/c1-17(2)19-13-11-14-20(18(3)4)23(19)28-34(31,32)29-25(30)33-24-21(26(5,6)7)15-12-16-22(24)27(8,9)10/h11-18,28H,1-10H3,(H,29,30). The van der Waals surface area contributed by atoms with Crippen LogP contribution in [0.5, 0.6) is 5.75 Å². The molecule has 188 valence electrons. The highest BCUT2D eigenvalue weighted by molar-refractivity contribution is 7.91. The average molecular weight is 489 g/mol. The van der Waals surface area contributed by atoms with E-state index in [1.807, 2.05) is 110 Å². The molecule has 0 unspecified atom stereocenters. The Kier molecular flexibility index (Phi) is 8.13. The van der Waals surface area contributed by atoms with Crippen molar-refractivity contribution >= 4 is 22.0 Å². The molecule has 0 bridgehead atoms. The first-order valence-corrected chi connectivity index (χ1v) is 13.2. The number of amides is 1. The summed E-state index contributed by atoms with van der Waals surface area (Å²) in [4.78, 5) is 12.9. The van der Waals surface area contributed by atoms with E-state index in [0.29, 0.717) is 11.4 Å². The zero-order chi connectivity index (χ0) is 26.1. The highest BCUT2D eigenvalue weighted by Crippen LogP contribution is 2.39. The van der Waals surface area contributed by atoms with Crippen molar-refractivity contribution in [2.24, 2.45) is 0 Å². The van der Waals surface area contributed by atoms with Crippen LogP contribution in [0.2, 0.25) is 0 Å². The molecule has 0 spiro atoms. The third-order valence-corrected chi connectivity index (χ3v) is 6.56. The molecule has 0 aliphatic heterocycles. The van der Waals surface area contributed by atoms with Gasteiger partial charge in [0.25, 0.3) is 0 Å². The summed E-state index contributed by atoms with van der Waals surface area (Å²) >= 11 is 0. The number of hydrogen-bond acceptors (Lipinski definition) is 4. The van der Waals surface area contributed by atoms with Crippen LogP contribution in [0, 0.1) is 0 Å². The molecule has 0 saturated heterocycles. The van der Waals surface area contributed by atoms with E-state index in [0.717, 1.165) is 22.3 Å². The first-order valence-electron chi connectivity index (χ1n) is 11.7. The number of para-hydroxylation sites is 2. The van der Waals surface area contributed by atoms with Gasteiger partial charge < -0.3 is 4.74 Å². The van der Waals surface area contributed by atoms with Gasteiger partial charge in [-0.05, 0) is 33.8 Å². The van der Waals surface area contributed by atoms with Gasteiger partial charge in [0.1, 0.15) is 5.75 Å². The summed E-state index contributed by atoms with van der Waals surface area (Å²) in [6.07, 6.45) is -1.05. The second-order valence-electron chi connectivity index (χ2n) is 11.4. The average Bonchev–Trinajstić information content (AvgIpc) is 2.65. The van der Waals surface area contributed by atoms with Gasteiger partial charge in [0.15, 0.2) is 0 Å². The molecule has 1 amide bonds. The lowest BCUT2D eigenvalue weighted by molar-refractivity contribution is 0.205. The van der Waals surface area contributed by atoms with E-state index in [2.05, 4.69) is 4.72 Å². The summed E-state index contributed by atoms with van der Waals surface area (Å²) in [7, 11) is -4.24. The molecule has 0 aliphatic rings. The predicted octanol–water partition coefficient (Wildman–Crippen LogP) is 6.97. The Balaban J connectivity index is 2.41. The Bertz CT molecular complexity index is 1080.